The summed E-state index contributed by atoms with van der Waals surface area (Å²) in [5.41, 5.74) is -1.46. The van der Waals surface area contributed by atoms with Crippen LogP contribution in [0.5, 0.6) is 0 Å². The summed E-state index contributed by atoms with van der Waals surface area (Å²) in [6.07, 6.45) is 2.90. The molecule has 0 saturated heterocycles. The first-order valence-electron chi connectivity index (χ1n) is 4.54. The van der Waals surface area contributed by atoms with E-state index in [4.69, 9.17) is 10.2 Å². The number of carboxylic acids is 2. The first-order valence-corrected chi connectivity index (χ1v) is 4.54. The Hall–Kier alpha value is -0.0600. The van der Waals surface area contributed by atoms with Crippen molar-refractivity contribution < 1.29 is 19.8 Å². The minimum absolute atomic E-state index is 0. The molecule has 2 N–H and O–H groups in total. The van der Waals surface area contributed by atoms with Crippen LogP contribution in [0, 0.1) is 17.3 Å². The molecule has 0 heterocycles. The number of aliphatic carboxylic acids is 2. The second kappa shape index (κ2) is 3.83. The van der Waals surface area contributed by atoms with Gasteiger partial charge in [-0.3, -0.25) is 9.59 Å². The first-order chi connectivity index (χ1) is 6.07. The number of hydrogen-bond acceptors (Lipinski definition) is 2. The van der Waals surface area contributed by atoms with E-state index in [2.05, 4.69) is 0 Å². The van der Waals surface area contributed by atoms with Crippen molar-refractivity contribution >= 4 is 41.5 Å². The predicted octanol–water partition coefficient (Wildman–Crippen LogP) is 0.313. The van der Waals surface area contributed by atoms with Gasteiger partial charge in [0, 0.05) is 0 Å². The Kier molecular flexibility index (Phi) is 3.29. The molecule has 14 heavy (non-hydrogen) atoms. The summed E-state index contributed by atoms with van der Waals surface area (Å²) in [7, 11) is 0. The third-order valence-corrected chi connectivity index (χ3v) is 3.61. The van der Waals surface area contributed by atoms with Crippen LogP contribution in [-0.2, 0) is 9.59 Å². The fourth-order valence-corrected chi connectivity index (χ4v) is 2.95. The molecule has 4 nitrogen and oxygen atoms in total. The third-order valence-electron chi connectivity index (χ3n) is 3.61. The number of fused-ring (bicyclic) bond motifs is 2. The molecule has 0 aromatic heterocycles. The molecule has 2 aliphatic rings. The fraction of sp³-hybridized carbons (Fsp3) is 0.778. The van der Waals surface area contributed by atoms with Gasteiger partial charge in [0.05, 0.1) is 0 Å². The van der Waals surface area contributed by atoms with Gasteiger partial charge in [-0.15, -0.1) is 0 Å². The summed E-state index contributed by atoms with van der Waals surface area (Å²) < 4.78 is 0. The van der Waals surface area contributed by atoms with Gasteiger partial charge in [0.15, 0.2) is 5.41 Å². The van der Waals surface area contributed by atoms with Crippen molar-refractivity contribution in [1.29, 1.82) is 0 Å². The van der Waals surface area contributed by atoms with Crippen molar-refractivity contribution in [2.24, 2.45) is 17.3 Å². The Morgan fingerprint density at radius 3 is 1.93 bits per heavy atom. The monoisotopic (exact) mass is 208 g/mol. The molecule has 2 saturated carbocycles. The van der Waals surface area contributed by atoms with Crippen LogP contribution in [-0.4, -0.2) is 51.7 Å². The summed E-state index contributed by atoms with van der Waals surface area (Å²) in [5, 5.41) is 18.0. The Morgan fingerprint density at radius 1 is 1.14 bits per heavy atom. The van der Waals surface area contributed by atoms with Crippen molar-refractivity contribution in [2.75, 3.05) is 0 Å². The van der Waals surface area contributed by atoms with Crippen molar-refractivity contribution in [3.05, 3.63) is 0 Å². The number of carbonyl (C=O) groups is 2. The molecule has 0 aliphatic heterocycles. The topological polar surface area (TPSA) is 74.6 Å². The molecule has 2 aliphatic carbocycles. The molecule has 5 heteroatoms. The molecular formula is C9H13NaO4. The molecular weight excluding hydrogens is 195 g/mol. The van der Waals surface area contributed by atoms with E-state index in [0.29, 0.717) is 12.3 Å². The second-order valence-electron chi connectivity index (χ2n) is 4.16. The summed E-state index contributed by atoms with van der Waals surface area (Å²) >= 11 is 0. The zero-order valence-electron chi connectivity index (χ0n) is 7.19. The molecule has 2 fully saturated rings. The molecule has 0 aromatic rings. The standard InChI is InChI=1S/C9H12O4.Na.H/c10-7(11)9(8(12)13)4-5-1-2-6(9)3-5;;/h5-6H,1-4H2,(H,10,11)(H,12,13);;. The Labute approximate surface area is 104 Å². The average molecular weight is 208 g/mol. The van der Waals surface area contributed by atoms with Crippen LogP contribution in [0.4, 0.5) is 0 Å². The van der Waals surface area contributed by atoms with E-state index in [0.717, 1.165) is 19.3 Å². The van der Waals surface area contributed by atoms with Crippen LogP contribution < -0.4 is 0 Å². The number of carboxylic acid groups (broad SMARTS) is 2. The molecule has 2 unspecified atom stereocenters. The molecule has 0 amide bonds. The molecule has 2 rings (SSSR count). The normalized spacial score (nSPS) is 32.3. The summed E-state index contributed by atoms with van der Waals surface area (Å²) in [6.45, 7) is 0. The van der Waals surface area contributed by atoms with E-state index < -0.39 is 17.4 Å². The van der Waals surface area contributed by atoms with E-state index in [9.17, 15) is 9.59 Å². The Bertz CT molecular complexity index is 262. The van der Waals surface area contributed by atoms with E-state index in [1.807, 2.05) is 0 Å². The van der Waals surface area contributed by atoms with Gasteiger partial charge in [0.1, 0.15) is 0 Å². The van der Waals surface area contributed by atoms with Gasteiger partial charge in [-0.05, 0) is 31.1 Å². The Morgan fingerprint density at radius 2 is 1.71 bits per heavy atom. The SMILES string of the molecule is O=C(O)C1(C(=O)O)CC2CCC1C2.[NaH]. The zero-order valence-corrected chi connectivity index (χ0v) is 7.19. The van der Waals surface area contributed by atoms with Gasteiger partial charge in [-0.2, -0.15) is 0 Å². The van der Waals surface area contributed by atoms with Crippen LogP contribution in [0.1, 0.15) is 25.7 Å². The van der Waals surface area contributed by atoms with Crippen LogP contribution in [0.2, 0.25) is 0 Å². The van der Waals surface area contributed by atoms with Gasteiger partial charge >= 0.3 is 41.5 Å². The predicted molar refractivity (Wildman–Crippen MR) is 50.3 cm³/mol. The van der Waals surface area contributed by atoms with E-state index in [1.54, 1.807) is 0 Å². The molecule has 74 valence electrons. The number of rotatable bonds is 2. The maximum atomic E-state index is 11.0. The molecule has 2 bridgehead atoms. The van der Waals surface area contributed by atoms with Gasteiger partial charge in [0.2, 0.25) is 0 Å². The molecule has 0 radical (unpaired) electrons. The van der Waals surface area contributed by atoms with Crippen LogP contribution in [0.3, 0.4) is 0 Å². The average Bonchev–Trinajstić information content (AvgIpc) is 2.61. The quantitative estimate of drug-likeness (QED) is 0.506. The van der Waals surface area contributed by atoms with E-state index >= 15 is 0 Å². The second-order valence-corrected chi connectivity index (χ2v) is 4.16. The summed E-state index contributed by atoms with van der Waals surface area (Å²) in [5.74, 6) is -2.09. The van der Waals surface area contributed by atoms with Gasteiger partial charge < -0.3 is 10.2 Å². The van der Waals surface area contributed by atoms with E-state index in [1.165, 1.54) is 0 Å². The fourth-order valence-electron chi connectivity index (χ4n) is 2.95. The van der Waals surface area contributed by atoms with Crippen molar-refractivity contribution in [3.8, 4) is 0 Å². The molecule has 0 spiro atoms. The van der Waals surface area contributed by atoms with Gasteiger partial charge in [-0.1, -0.05) is 6.42 Å². The first kappa shape index (κ1) is 12.0. The van der Waals surface area contributed by atoms with Crippen LogP contribution in [0.25, 0.3) is 0 Å². The zero-order chi connectivity index (χ0) is 9.64. The summed E-state index contributed by atoms with van der Waals surface area (Å²) in [4.78, 5) is 21.9. The van der Waals surface area contributed by atoms with Crippen LogP contribution in [0.15, 0.2) is 0 Å². The molecule has 0 aromatic carbocycles. The van der Waals surface area contributed by atoms with Crippen LogP contribution >= 0.6 is 0 Å². The van der Waals surface area contributed by atoms with E-state index in [-0.39, 0.29) is 35.5 Å². The van der Waals surface area contributed by atoms with Gasteiger partial charge in [-0.25, -0.2) is 0 Å². The summed E-state index contributed by atoms with van der Waals surface area (Å²) in [6, 6.07) is 0. The third kappa shape index (κ3) is 1.40. The molecule has 2 atom stereocenters. The van der Waals surface area contributed by atoms with Gasteiger partial charge in [0.25, 0.3) is 0 Å². The van der Waals surface area contributed by atoms with Crippen molar-refractivity contribution in [1.82, 2.24) is 0 Å². The van der Waals surface area contributed by atoms with Crippen molar-refractivity contribution in [3.63, 3.8) is 0 Å². The number of hydrogen-bond donors (Lipinski definition) is 2. The Balaban J connectivity index is 0.000000980. The minimum atomic E-state index is -1.46. The van der Waals surface area contributed by atoms with Crippen molar-refractivity contribution in [2.45, 2.75) is 25.7 Å². The maximum absolute atomic E-state index is 11.0.